The van der Waals surface area contributed by atoms with E-state index in [1.54, 1.807) is 38.1 Å². The number of carbonyl (C=O) groups is 2. The van der Waals surface area contributed by atoms with E-state index in [1.165, 1.54) is 6.08 Å². The summed E-state index contributed by atoms with van der Waals surface area (Å²) in [6.45, 7) is 3.63. The summed E-state index contributed by atoms with van der Waals surface area (Å²) in [6, 6.07) is 16.1. The lowest BCUT2D eigenvalue weighted by atomic mass is 10.0. The molecule has 0 aliphatic carbocycles. The molecule has 0 aliphatic rings. The molecule has 0 spiro atoms. The van der Waals surface area contributed by atoms with Crippen LogP contribution in [0.5, 0.6) is 11.5 Å². The maximum absolute atomic E-state index is 12.4. The summed E-state index contributed by atoms with van der Waals surface area (Å²) in [5.41, 5.74) is 0.677. The minimum absolute atomic E-state index is 0.129. The fourth-order valence-corrected chi connectivity index (χ4v) is 2.28. The summed E-state index contributed by atoms with van der Waals surface area (Å²) in [7, 11) is 0. The molecule has 2 aromatic carbocycles. The Morgan fingerprint density at radius 3 is 2.18 bits per heavy atom. The van der Waals surface area contributed by atoms with Crippen molar-refractivity contribution in [3.63, 3.8) is 0 Å². The highest BCUT2D eigenvalue weighted by molar-refractivity contribution is 6.17. The third kappa shape index (κ3) is 6.02. The quantitative estimate of drug-likeness (QED) is 0.315. The van der Waals surface area contributed by atoms with Crippen LogP contribution in [0.3, 0.4) is 0 Å². The van der Waals surface area contributed by atoms with Crippen LogP contribution in [-0.4, -0.2) is 30.3 Å². The van der Waals surface area contributed by atoms with E-state index in [9.17, 15) is 14.7 Å². The van der Waals surface area contributed by atoms with E-state index in [-0.39, 0.29) is 18.8 Å². The monoisotopic (exact) mass is 382 g/mol. The van der Waals surface area contributed by atoms with Crippen molar-refractivity contribution < 1.29 is 28.9 Å². The van der Waals surface area contributed by atoms with Crippen LogP contribution < -0.4 is 4.74 Å². The minimum atomic E-state index is -0.872. The minimum Gasteiger partial charge on any atom is -0.502 e. The summed E-state index contributed by atoms with van der Waals surface area (Å²) in [5.74, 6) is -0.894. The molecule has 0 aliphatic heterocycles. The number of carbonyl (C=O) groups excluding carboxylic acids is 2. The average molecular weight is 382 g/mol. The molecular formula is C22H22O6. The van der Waals surface area contributed by atoms with Gasteiger partial charge in [-0.3, -0.25) is 0 Å². The van der Waals surface area contributed by atoms with Gasteiger partial charge in [0.2, 0.25) is 5.76 Å². The molecule has 0 fully saturated rings. The Labute approximate surface area is 163 Å². The highest BCUT2D eigenvalue weighted by atomic mass is 16.5. The van der Waals surface area contributed by atoms with Gasteiger partial charge in [0.1, 0.15) is 11.5 Å². The van der Waals surface area contributed by atoms with E-state index in [0.29, 0.717) is 17.1 Å². The third-order valence-electron chi connectivity index (χ3n) is 3.51. The second-order valence-electron chi connectivity index (χ2n) is 5.52. The van der Waals surface area contributed by atoms with Crippen LogP contribution in [0.1, 0.15) is 19.4 Å². The second kappa shape index (κ2) is 10.6. The first kappa shape index (κ1) is 20.8. The van der Waals surface area contributed by atoms with E-state index in [1.807, 2.05) is 30.3 Å². The van der Waals surface area contributed by atoms with Gasteiger partial charge in [0.15, 0.2) is 0 Å². The Morgan fingerprint density at radius 2 is 1.50 bits per heavy atom. The molecule has 0 radical (unpaired) electrons. The van der Waals surface area contributed by atoms with Crippen molar-refractivity contribution in [1.29, 1.82) is 0 Å². The predicted octanol–water partition coefficient (Wildman–Crippen LogP) is 4.43. The zero-order valence-electron chi connectivity index (χ0n) is 15.8. The number of esters is 2. The number of hydrogen-bond donors (Lipinski definition) is 1. The van der Waals surface area contributed by atoms with Gasteiger partial charge >= 0.3 is 11.9 Å². The molecule has 0 saturated heterocycles. The zero-order chi connectivity index (χ0) is 20.4. The van der Waals surface area contributed by atoms with Gasteiger partial charge in [0.25, 0.3) is 0 Å². The average Bonchev–Trinajstić information content (AvgIpc) is 2.69. The highest BCUT2D eigenvalue weighted by Gasteiger charge is 2.15. The Morgan fingerprint density at radius 1 is 0.857 bits per heavy atom. The van der Waals surface area contributed by atoms with Gasteiger partial charge in [-0.05, 0) is 55.8 Å². The lowest BCUT2D eigenvalue weighted by molar-refractivity contribution is -0.141. The van der Waals surface area contributed by atoms with Gasteiger partial charge in [-0.2, -0.15) is 0 Å². The topological polar surface area (TPSA) is 82.1 Å². The maximum atomic E-state index is 12.4. The summed E-state index contributed by atoms with van der Waals surface area (Å²) in [6.07, 6.45) is 2.42. The molecule has 0 bridgehead atoms. The Hall–Kier alpha value is -3.54. The lowest BCUT2D eigenvalue weighted by Crippen LogP contribution is -2.08. The van der Waals surface area contributed by atoms with Gasteiger partial charge in [-0.1, -0.05) is 30.3 Å². The van der Waals surface area contributed by atoms with Crippen LogP contribution in [-0.2, 0) is 19.1 Å². The van der Waals surface area contributed by atoms with Gasteiger partial charge in [-0.15, -0.1) is 0 Å². The standard InChI is InChI=1S/C22H22O6/c1-3-26-21(24)19(13-14-20(23)22(25)27-4-2)16-9-8-12-18(15-16)28-17-10-6-5-7-11-17/h5-15,23H,3-4H2,1-2H3/b19-13+,20-14-. The number of ether oxygens (including phenoxy) is 3. The molecule has 0 aromatic heterocycles. The molecule has 0 saturated carbocycles. The molecule has 0 atom stereocenters. The van der Waals surface area contributed by atoms with Gasteiger partial charge in [0.05, 0.1) is 18.8 Å². The lowest BCUT2D eigenvalue weighted by Gasteiger charge is -2.10. The Balaban J connectivity index is 2.34. The second-order valence-corrected chi connectivity index (χ2v) is 5.52. The number of allylic oxidation sites excluding steroid dienone is 2. The number of rotatable bonds is 8. The third-order valence-corrected chi connectivity index (χ3v) is 3.51. The van der Waals surface area contributed by atoms with Crippen LogP contribution >= 0.6 is 0 Å². The van der Waals surface area contributed by atoms with E-state index >= 15 is 0 Å². The molecule has 146 valence electrons. The van der Waals surface area contributed by atoms with Gasteiger partial charge in [-0.25, -0.2) is 9.59 Å². The fraction of sp³-hybridized carbons (Fsp3) is 0.182. The molecule has 6 nitrogen and oxygen atoms in total. The van der Waals surface area contributed by atoms with Gasteiger partial charge in [0, 0.05) is 0 Å². The summed E-state index contributed by atoms with van der Waals surface area (Å²) in [4.78, 5) is 23.9. The fourth-order valence-electron chi connectivity index (χ4n) is 2.28. The molecule has 28 heavy (non-hydrogen) atoms. The molecule has 0 heterocycles. The van der Waals surface area contributed by atoms with Crippen molar-refractivity contribution in [3.8, 4) is 11.5 Å². The van der Waals surface area contributed by atoms with E-state index in [2.05, 4.69) is 0 Å². The van der Waals surface area contributed by atoms with Crippen LogP contribution in [0, 0.1) is 0 Å². The number of aliphatic hydroxyl groups excluding tert-OH is 1. The Bertz CT molecular complexity index is 868. The van der Waals surface area contributed by atoms with Crippen LogP contribution in [0.15, 0.2) is 72.5 Å². The number of para-hydroxylation sites is 1. The molecular weight excluding hydrogens is 360 g/mol. The molecule has 0 unspecified atom stereocenters. The van der Waals surface area contributed by atoms with Crippen LogP contribution in [0.25, 0.3) is 5.57 Å². The first-order chi connectivity index (χ1) is 13.5. The highest BCUT2D eigenvalue weighted by Crippen LogP contribution is 2.26. The van der Waals surface area contributed by atoms with Crippen molar-refractivity contribution in [2.24, 2.45) is 0 Å². The maximum Gasteiger partial charge on any atom is 0.373 e. The molecule has 0 amide bonds. The number of benzene rings is 2. The van der Waals surface area contributed by atoms with Gasteiger partial charge < -0.3 is 19.3 Å². The van der Waals surface area contributed by atoms with E-state index in [0.717, 1.165) is 6.08 Å². The summed E-state index contributed by atoms with van der Waals surface area (Å²) in [5, 5.41) is 9.77. The number of hydrogen-bond acceptors (Lipinski definition) is 6. The predicted molar refractivity (Wildman–Crippen MR) is 105 cm³/mol. The van der Waals surface area contributed by atoms with Crippen LogP contribution in [0.4, 0.5) is 0 Å². The van der Waals surface area contributed by atoms with E-state index in [4.69, 9.17) is 14.2 Å². The van der Waals surface area contributed by atoms with Crippen molar-refractivity contribution >= 4 is 17.5 Å². The first-order valence-electron chi connectivity index (χ1n) is 8.83. The van der Waals surface area contributed by atoms with Crippen molar-refractivity contribution in [2.75, 3.05) is 13.2 Å². The zero-order valence-corrected chi connectivity index (χ0v) is 15.8. The summed E-state index contributed by atoms with van der Waals surface area (Å²) < 4.78 is 15.6. The molecule has 2 aromatic rings. The van der Waals surface area contributed by atoms with Crippen LogP contribution in [0.2, 0.25) is 0 Å². The van der Waals surface area contributed by atoms with E-state index < -0.39 is 17.7 Å². The van der Waals surface area contributed by atoms with Crippen molar-refractivity contribution in [1.82, 2.24) is 0 Å². The Kier molecular flexibility index (Phi) is 7.84. The molecule has 1 N–H and O–H groups in total. The number of aliphatic hydroxyl groups is 1. The van der Waals surface area contributed by atoms with Crippen molar-refractivity contribution in [3.05, 3.63) is 78.1 Å². The molecule has 6 heteroatoms. The smallest absolute Gasteiger partial charge is 0.373 e. The SMILES string of the molecule is CCOC(=O)/C(O)=C/C=C(/C(=O)OCC)c1cccc(Oc2ccccc2)c1. The van der Waals surface area contributed by atoms with Crippen molar-refractivity contribution in [2.45, 2.75) is 13.8 Å². The molecule has 2 rings (SSSR count). The first-order valence-corrected chi connectivity index (χ1v) is 8.83. The largest absolute Gasteiger partial charge is 0.502 e. The normalized spacial score (nSPS) is 11.6. The summed E-state index contributed by atoms with van der Waals surface area (Å²) >= 11 is 0.